The van der Waals surface area contributed by atoms with E-state index in [0.29, 0.717) is 16.7 Å². The van der Waals surface area contributed by atoms with Crippen molar-refractivity contribution in [3.8, 4) is 16.9 Å². The Morgan fingerprint density at radius 3 is 2.42 bits per heavy atom. The molecule has 0 radical (unpaired) electrons. The second-order valence-corrected chi connectivity index (χ2v) is 5.39. The zero-order chi connectivity index (χ0) is 18.4. The Hall–Kier alpha value is -2.64. The van der Waals surface area contributed by atoms with E-state index in [9.17, 15) is 19.1 Å². The molecule has 0 aliphatic carbocycles. The minimum Gasteiger partial charge on any atom is -0.507 e. The van der Waals surface area contributed by atoms with E-state index in [1.807, 2.05) is 0 Å². The molecule has 1 atom stereocenters. The molecule has 2 aromatic rings. The molecule has 26 heavy (non-hydrogen) atoms. The summed E-state index contributed by atoms with van der Waals surface area (Å²) in [6, 6.07) is 9.76. The number of benzene rings is 2. The Kier molecular flexibility index (Phi) is 8.02. The van der Waals surface area contributed by atoms with E-state index in [2.05, 4.69) is 10.1 Å². The number of aromatic hydroxyl groups is 1. The average Bonchev–Trinajstić information content (AvgIpc) is 2.61. The van der Waals surface area contributed by atoms with Gasteiger partial charge in [-0.15, -0.1) is 12.4 Å². The van der Waals surface area contributed by atoms with Gasteiger partial charge in [0.05, 0.1) is 26.1 Å². The predicted octanol–water partition coefficient (Wildman–Crippen LogP) is 2.30. The molecule has 0 aliphatic rings. The number of amides is 1. The number of carbonyl (C=O) groups excluding carboxylic acids is 2. The van der Waals surface area contributed by atoms with E-state index in [1.54, 1.807) is 24.3 Å². The summed E-state index contributed by atoms with van der Waals surface area (Å²) in [5.74, 6) is -1.37. The SMILES string of the molecule is COC(=O)CC(NC(=O)CN)c1ccc(-c2ccc(F)cc2)c(O)c1.Cl. The molecule has 1 amide bonds. The molecule has 0 aliphatic heterocycles. The van der Waals surface area contributed by atoms with Crippen LogP contribution in [0.1, 0.15) is 18.0 Å². The number of ether oxygens (including phenoxy) is 1. The van der Waals surface area contributed by atoms with Gasteiger partial charge in [0, 0.05) is 5.56 Å². The van der Waals surface area contributed by atoms with Crippen molar-refractivity contribution in [1.82, 2.24) is 5.32 Å². The van der Waals surface area contributed by atoms with Gasteiger partial charge in [0.1, 0.15) is 11.6 Å². The lowest BCUT2D eigenvalue weighted by Gasteiger charge is -2.19. The standard InChI is InChI=1S/C18H19FN2O4.ClH/c1-25-18(24)9-15(21-17(23)10-20)12-4-7-14(16(22)8-12)11-2-5-13(19)6-3-11;/h2-8,15,22H,9-10,20H2,1H3,(H,21,23);1H. The highest BCUT2D eigenvalue weighted by Gasteiger charge is 2.20. The molecule has 6 nitrogen and oxygen atoms in total. The van der Waals surface area contributed by atoms with Crippen LogP contribution in [0, 0.1) is 5.82 Å². The van der Waals surface area contributed by atoms with Crippen LogP contribution in [0.15, 0.2) is 42.5 Å². The van der Waals surface area contributed by atoms with Crippen molar-refractivity contribution in [2.75, 3.05) is 13.7 Å². The maximum Gasteiger partial charge on any atom is 0.307 e. The topological polar surface area (TPSA) is 102 Å². The molecule has 8 heteroatoms. The first-order chi connectivity index (χ1) is 11.9. The highest BCUT2D eigenvalue weighted by atomic mass is 35.5. The van der Waals surface area contributed by atoms with Crippen LogP contribution in [0.5, 0.6) is 5.75 Å². The van der Waals surface area contributed by atoms with Crippen molar-refractivity contribution in [3.05, 3.63) is 53.8 Å². The van der Waals surface area contributed by atoms with Crippen LogP contribution in [-0.4, -0.2) is 30.6 Å². The molecular formula is C18H20ClFN2O4. The van der Waals surface area contributed by atoms with Gasteiger partial charge in [0.15, 0.2) is 0 Å². The molecule has 0 fully saturated rings. The average molecular weight is 383 g/mol. The van der Waals surface area contributed by atoms with Crippen LogP contribution in [0.3, 0.4) is 0 Å². The number of nitrogens with two attached hydrogens (primary N) is 1. The number of halogens is 2. The third-order valence-corrected chi connectivity index (χ3v) is 3.70. The maximum absolute atomic E-state index is 13.0. The molecule has 2 aromatic carbocycles. The van der Waals surface area contributed by atoms with Gasteiger partial charge in [-0.2, -0.15) is 0 Å². The summed E-state index contributed by atoms with van der Waals surface area (Å²) in [4.78, 5) is 23.2. The third kappa shape index (κ3) is 5.44. The van der Waals surface area contributed by atoms with Crippen molar-refractivity contribution >= 4 is 24.3 Å². The molecule has 140 valence electrons. The maximum atomic E-state index is 13.0. The van der Waals surface area contributed by atoms with Crippen molar-refractivity contribution in [2.45, 2.75) is 12.5 Å². The van der Waals surface area contributed by atoms with Crippen LogP contribution in [0.25, 0.3) is 11.1 Å². The molecule has 2 rings (SSSR count). The summed E-state index contributed by atoms with van der Waals surface area (Å²) in [5, 5.41) is 12.9. The van der Waals surface area contributed by atoms with Gasteiger partial charge >= 0.3 is 5.97 Å². The third-order valence-electron chi connectivity index (χ3n) is 3.70. The van der Waals surface area contributed by atoms with Crippen LogP contribution in [-0.2, 0) is 14.3 Å². The zero-order valence-corrected chi connectivity index (χ0v) is 14.9. The predicted molar refractivity (Wildman–Crippen MR) is 97.3 cm³/mol. The summed E-state index contributed by atoms with van der Waals surface area (Å²) in [6.07, 6.45) is -0.0996. The molecule has 0 aromatic heterocycles. The first kappa shape index (κ1) is 21.4. The van der Waals surface area contributed by atoms with Crippen molar-refractivity contribution in [2.24, 2.45) is 5.73 Å². The fraction of sp³-hybridized carbons (Fsp3) is 0.222. The summed E-state index contributed by atoms with van der Waals surface area (Å²) in [7, 11) is 1.25. The zero-order valence-electron chi connectivity index (χ0n) is 14.1. The van der Waals surface area contributed by atoms with Gasteiger partial charge in [-0.1, -0.05) is 24.3 Å². The van der Waals surface area contributed by atoms with Gasteiger partial charge in [-0.3, -0.25) is 9.59 Å². The Labute approximate surface area is 156 Å². The summed E-state index contributed by atoms with van der Waals surface area (Å²) in [5.41, 5.74) is 6.96. The summed E-state index contributed by atoms with van der Waals surface area (Å²) in [6.45, 7) is -0.225. The molecule has 0 bridgehead atoms. The van der Waals surface area contributed by atoms with Crippen LogP contribution >= 0.6 is 12.4 Å². The number of methoxy groups -OCH3 is 1. The highest BCUT2D eigenvalue weighted by Crippen LogP contribution is 2.32. The van der Waals surface area contributed by atoms with Crippen LogP contribution in [0.2, 0.25) is 0 Å². The number of carbonyl (C=O) groups is 2. The molecule has 4 N–H and O–H groups in total. The van der Waals surface area contributed by atoms with E-state index in [-0.39, 0.29) is 36.9 Å². The van der Waals surface area contributed by atoms with Crippen molar-refractivity contribution in [3.63, 3.8) is 0 Å². The second kappa shape index (κ2) is 9.74. The summed E-state index contributed by atoms with van der Waals surface area (Å²) < 4.78 is 17.7. The van der Waals surface area contributed by atoms with Crippen LogP contribution in [0.4, 0.5) is 4.39 Å². The monoisotopic (exact) mass is 382 g/mol. The smallest absolute Gasteiger partial charge is 0.307 e. The second-order valence-electron chi connectivity index (χ2n) is 5.39. The lowest BCUT2D eigenvalue weighted by molar-refractivity contribution is -0.141. The fourth-order valence-corrected chi connectivity index (χ4v) is 2.39. The van der Waals surface area contributed by atoms with Gasteiger partial charge in [-0.25, -0.2) is 4.39 Å². The Morgan fingerprint density at radius 2 is 1.88 bits per heavy atom. The molecular weight excluding hydrogens is 363 g/mol. The fourth-order valence-electron chi connectivity index (χ4n) is 2.39. The van der Waals surface area contributed by atoms with Gasteiger partial charge < -0.3 is 20.9 Å². The Morgan fingerprint density at radius 1 is 1.23 bits per heavy atom. The van der Waals surface area contributed by atoms with E-state index in [1.165, 1.54) is 25.3 Å². The largest absolute Gasteiger partial charge is 0.507 e. The van der Waals surface area contributed by atoms with Gasteiger partial charge in [-0.05, 0) is 29.3 Å². The van der Waals surface area contributed by atoms with Crippen LogP contribution < -0.4 is 11.1 Å². The quantitative estimate of drug-likeness (QED) is 0.665. The number of hydrogen-bond acceptors (Lipinski definition) is 5. The minimum atomic E-state index is -0.684. The molecule has 0 spiro atoms. The number of phenolic OH excluding ortho intramolecular Hbond substituents is 1. The molecule has 0 saturated carbocycles. The first-order valence-electron chi connectivity index (χ1n) is 7.59. The lowest BCUT2D eigenvalue weighted by Crippen LogP contribution is -2.35. The van der Waals surface area contributed by atoms with E-state index in [0.717, 1.165) is 0 Å². The minimum absolute atomic E-state index is 0. The number of rotatable bonds is 6. The van der Waals surface area contributed by atoms with E-state index < -0.39 is 17.9 Å². The Balaban J connectivity index is 0.00000338. The number of nitrogens with one attached hydrogen (secondary N) is 1. The van der Waals surface area contributed by atoms with E-state index >= 15 is 0 Å². The normalized spacial score (nSPS) is 11.2. The highest BCUT2D eigenvalue weighted by molar-refractivity contribution is 5.85. The molecule has 1 unspecified atom stereocenters. The molecule has 0 saturated heterocycles. The van der Waals surface area contributed by atoms with E-state index in [4.69, 9.17) is 5.73 Å². The van der Waals surface area contributed by atoms with Gasteiger partial charge in [0.2, 0.25) is 5.91 Å². The van der Waals surface area contributed by atoms with Crippen molar-refractivity contribution < 1.29 is 23.8 Å². The first-order valence-corrected chi connectivity index (χ1v) is 7.59. The number of hydrogen-bond donors (Lipinski definition) is 3. The van der Waals surface area contributed by atoms with Gasteiger partial charge in [0.25, 0.3) is 0 Å². The lowest BCUT2D eigenvalue weighted by atomic mass is 9.98. The summed E-state index contributed by atoms with van der Waals surface area (Å²) >= 11 is 0. The number of phenols is 1. The Bertz CT molecular complexity index is 750. The van der Waals surface area contributed by atoms with Crippen molar-refractivity contribution in [1.29, 1.82) is 0 Å². The molecule has 0 heterocycles. The number of esters is 1.